The Bertz CT molecular complexity index is 740. The first-order valence-electron chi connectivity index (χ1n) is 5.88. The quantitative estimate of drug-likeness (QED) is 0.778. The second-order valence-electron chi connectivity index (χ2n) is 4.40. The number of sulfonamides is 1. The van der Waals surface area contributed by atoms with Crippen LogP contribution in [0.2, 0.25) is 0 Å². The maximum Gasteiger partial charge on any atom is 0.265 e. The lowest BCUT2D eigenvalue weighted by molar-refractivity contribution is 0.599. The molecule has 2 rings (SSSR count). The van der Waals surface area contributed by atoms with Crippen molar-refractivity contribution in [2.45, 2.75) is 25.3 Å². The first-order valence-corrected chi connectivity index (χ1v) is 8.15. The number of aromatic nitrogens is 2. The molecular weight excluding hydrogens is 344 g/mol. The molecule has 0 spiro atoms. The first kappa shape index (κ1) is 15.0. The summed E-state index contributed by atoms with van der Waals surface area (Å²) in [7, 11) is -3.72. The Hall–Kier alpha value is -1.38. The normalized spacial score (nSPS) is 11.6. The summed E-state index contributed by atoms with van der Waals surface area (Å²) in [6.07, 6.45) is 0. The molecule has 0 atom stereocenters. The number of aromatic amines is 1. The molecule has 0 aliphatic heterocycles. The van der Waals surface area contributed by atoms with Gasteiger partial charge in [0.25, 0.3) is 10.0 Å². The van der Waals surface area contributed by atoms with Crippen LogP contribution in [-0.2, 0) is 16.6 Å². The lowest BCUT2D eigenvalue weighted by Gasteiger charge is -2.10. The zero-order valence-electron chi connectivity index (χ0n) is 11.1. The van der Waals surface area contributed by atoms with Crippen molar-refractivity contribution in [3.63, 3.8) is 0 Å². The Labute approximate surface area is 125 Å². The molecule has 1 aromatic heterocycles. The lowest BCUT2D eigenvalue weighted by Crippen LogP contribution is -2.16. The van der Waals surface area contributed by atoms with Gasteiger partial charge in [-0.2, -0.15) is 5.10 Å². The van der Waals surface area contributed by atoms with Crippen LogP contribution in [0, 0.1) is 13.8 Å². The number of hydrogen-bond acceptors (Lipinski definition) is 4. The van der Waals surface area contributed by atoms with Crippen LogP contribution in [0.3, 0.4) is 0 Å². The summed E-state index contributed by atoms with van der Waals surface area (Å²) in [5, 5.41) is 6.54. The summed E-state index contributed by atoms with van der Waals surface area (Å²) < 4.78 is 28.2. The van der Waals surface area contributed by atoms with Gasteiger partial charge in [0.05, 0.1) is 11.4 Å². The number of hydrogen-bond donors (Lipinski definition) is 3. The molecule has 4 N–H and O–H groups in total. The highest BCUT2D eigenvalue weighted by molar-refractivity contribution is 9.10. The van der Waals surface area contributed by atoms with E-state index in [2.05, 4.69) is 30.8 Å². The largest absolute Gasteiger partial charge is 0.325 e. The lowest BCUT2D eigenvalue weighted by atomic mass is 10.2. The molecule has 6 nitrogen and oxygen atoms in total. The predicted molar refractivity (Wildman–Crippen MR) is 80.9 cm³/mol. The predicted octanol–water partition coefficient (Wildman–Crippen LogP) is 2.05. The van der Waals surface area contributed by atoms with Crippen LogP contribution in [0.25, 0.3) is 0 Å². The van der Waals surface area contributed by atoms with Gasteiger partial charge in [-0.1, -0.05) is 22.0 Å². The SMILES string of the molecule is Cc1ccc(NS(=O)(=O)c2c(CN)n[nH]c2C)cc1Br. The number of benzene rings is 1. The number of rotatable bonds is 4. The molecule has 0 aliphatic carbocycles. The first-order chi connectivity index (χ1) is 9.35. The van der Waals surface area contributed by atoms with Crippen molar-refractivity contribution in [2.75, 3.05) is 4.72 Å². The van der Waals surface area contributed by atoms with Gasteiger partial charge in [0.2, 0.25) is 0 Å². The van der Waals surface area contributed by atoms with Gasteiger partial charge in [-0.25, -0.2) is 8.42 Å². The minimum atomic E-state index is -3.72. The van der Waals surface area contributed by atoms with E-state index in [-0.39, 0.29) is 11.4 Å². The fourth-order valence-electron chi connectivity index (χ4n) is 1.83. The number of aryl methyl sites for hydroxylation is 2. The van der Waals surface area contributed by atoms with Crippen LogP contribution in [0.15, 0.2) is 27.6 Å². The third-order valence-corrected chi connectivity index (χ3v) is 5.29. The molecule has 0 saturated carbocycles. The molecule has 0 fully saturated rings. The van der Waals surface area contributed by atoms with Crippen LogP contribution >= 0.6 is 15.9 Å². The van der Waals surface area contributed by atoms with E-state index in [0.717, 1.165) is 10.0 Å². The Balaban J connectivity index is 2.40. The molecule has 1 aromatic carbocycles. The fraction of sp³-hybridized carbons (Fsp3) is 0.250. The van der Waals surface area contributed by atoms with Crippen LogP contribution in [-0.4, -0.2) is 18.6 Å². The molecule has 0 amide bonds. The summed E-state index contributed by atoms with van der Waals surface area (Å²) in [6, 6.07) is 5.24. The minimum Gasteiger partial charge on any atom is -0.325 e. The Morgan fingerprint density at radius 1 is 1.40 bits per heavy atom. The van der Waals surface area contributed by atoms with Crippen LogP contribution in [0.5, 0.6) is 0 Å². The zero-order chi connectivity index (χ0) is 14.9. The topological polar surface area (TPSA) is 101 Å². The highest BCUT2D eigenvalue weighted by atomic mass is 79.9. The summed E-state index contributed by atoms with van der Waals surface area (Å²) in [5.74, 6) is 0. The van der Waals surface area contributed by atoms with Gasteiger partial charge < -0.3 is 5.73 Å². The van der Waals surface area contributed by atoms with Crippen molar-refractivity contribution < 1.29 is 8.42 Å². The van der Waals surface area contributed by atoms with Gasteiger partial charge in [-0.15, -0.1) is 0 Å². The average Bonchev–Trinajstić information content (AvgIpc) is 2.75. The van der Waals surface area contributed by atoms with Crippen molar-refractivity contribution in [1.29, 1.82) is 0 Å². The standard InChI is InChI=1S/C12H15BrN4O2S/c1-7-3-4-9(5-10(7)13)17-20(18,19)12-8(2)15-16-11(12)6-14/h3-5,17H,6,14H2,1-2H3,(H,15,16). The van der Waals surface area contributed by atoms with Crippen molar-refractivity contribution >= 4 is 31.6 Å². The number of anilines is 1. The molecule has 8 heteroatoms. The molecule has 2 aromatic rings. The summed E-state index contributed by atoms with van der Waals surface area (Å²) in [5.41, 5.74) is 7.80. The molecule has 0 aliphatic rings. The number of H-pyrrole nitrogens is 1. The smallest absolute Gasteiger partial charge is 0.265 e. The third-order valence-electron chi connectivity index (χ3n) is 2.85. The molecule has 0 radical (unpaired) electrons. The van der Waals surface area contributed by atoms with Crippen molar-refractivity contribution in [1.82, 2.24) is 10.2 Å². The molecule has 0 unspecified atom stereocenters. The zero-order valence-corrected chi connectivity index (χ0v) is 13.5. The minimum absolute atomic E-state index is 0.0537. The average molecular weight is 359 g/mol. The van der Waals surface area contributed by atoms with Gasteiger partial charge in [0.15, 0.2) is 0 Å². The monoisotopic (exact) mass is 358 g/mol. The van der Waals surface area contributed by atoms with E-state index in [9.17, 15) is 8.42 Å². The van der Waals surface area contributed by atoms with E-state index in [1.807, 2.05) is 13.0 Å². The highest BCUT2D eigenvalue weighted by Crippen LogP contribution is 2.25. The summed E-state index contributed by atoms with van der Waals surface area (Å²) >= 11 is 3.37. The maximum absolute atomic E-state index is 12.4. The van der Waals surface area contributed by atoms with Gasteiger partial charge in [-0.3, -0.25) is 9.82 Å². The Morgan fingerprint density at radius 2 is 2.10 bits per heavy atom. The van der Waals surface area contributed by atoms with Gasteiger partial charge in [0, 0.05) is 16.7 Å². The van der Waals surface area contributed by atoms with Crippen molar-refractivity contribution in [3.05, 3.63) is 39.6 Å². The third kappa shape index (κ3) is 2.87. The van der Waals surface area contributed by atoms with E-state index >= 15 is 0 Å². The molecule has 1 heterocycles. The number of halogens is 1. The number of nitrogens with two attached hydrogens (primary N) is 1. The molecular formula is C12H15BrN4O2S. The number of nitrogens with one attached hydrogen (secondary N) is 2. The fourth-order valence-corrected chi connectivity index (χ4v) is 3.63. The Kier molecular flexibility index (Phi) is 4.17. The van der Waals surface area contributed by atoms with E-state index in [1.54, 1.807) is 19.1 Å². The van der Waals surface area contributed by atoms with Crippen LogP contribution in [0.1, 0.15) is 17.0 Å². The van der Waals surface area contributed by atoms with Gasteiger partial charge in [0.1, 0.15) is 4.90 Å². The number of nitrogens with zero attached hydrogens (tertiary/aromatic N) is 1. The Morgan fingerprint density at radius 3 is 2.70 bits per heavy atom. The van der Waals surface area contributed by atoms with Crippen molar-refractivity contribution in [3.8, 4) is 0 Å². The second-order valence-corrected chi connectivity index (χ2v) is 6.87. The van der Waals surface area contributed by atoms with E-state index in [1.165, 1.54) is 0 Å². The molecule has 0 saturated heterocycles. The molecule has 0 bridgehead atoms. The van der Waals surface area contributed by atoms with E-state index < -0.39 is 10.0 Å². The highest BCUT2D eigenvalue weighted by Gasteiger charge is 2.23. The van der Waals surface area contributed by atoms with E-state index in [0.29, 0.717) is 17.1 Å². The molecule has 108 valence electrons. The summed E-state index contributed by atoms with van der Waals surface area (Å²) in [4.78, 5) is 0.108. The van der Waals surface area contributed by atoms with E-state index in [4.69, 9.17) is 5.73 Å². The van der Waals surface area contributed by atoms with Gasteiger partial charge in [-0.05, 0) is 31.5 Å². The van der Waals surface area contributed by atoms with Crippen LogP contribution < -0.4 is 10.5 Å². The second kappa shape index (κ2) is 5.55. The summed E-state index contributed by atoms with van der Waals surface area (Å²) in [6.45, 7) is 3.62. The maximum atomic E-state index is 12.4. The van der Waals surface area contributed by atoms with Crippen LogP contribution in [0.4, 0.5) is 5.69 Å². The van der Waals surface area contributed by atoms with Crippen molar-refractivity contribution in [2.24, 2.45) is 5.73 Å². The molecule has 20 heavy (non-hydrogen) atoms. The van der Waals surface area contributed by atoms with Gasteiger partial charge >= 0.3 is 0 Å².